The van der Waals surface area contributed by atoms with Crippen LogP contribution in [0.5, 0.6) is 0 Å². The van der Waals surface area contributed by atoms with Gasteiger partial charge in [-0.1, -0.05) is 27.7 Å². The third-order valence-corrected chi connectivity index (χ3v) is 3.66. The molecule has 0 spiro atoms. The number of hydrogen-bond acceptors (Lipinski definition) is 3. The molecule has 0 unspecified atom stereocenters. The standard InChI is InChI=1S/C16H31N3O2/c1-12(2)8-19-9-13(7-14(19)20)15(21)17-10-16(3,4)11-18(5)6/h12-13H,7-11H2,1-6H3,(H,17,21)/t13-/m0/s1. The zero-order chi connectivity index (χ0) is 16.2. The summed E-state index contributed by atoms with van der Waals surface area (Å²) in [4.78, 5) is 28.1. The van der Waals surface area contributed by atoms with E-state index in [2.05, 4.69) is 37.9 Å². The molecule has 5 nitrogen and oxygen atoms in total. The van der Waals surface area contributed by atoms with E-state index in [1.54, 1.807) is 0 Å². The number of nitrogens with zero attached hydrogens (tertiary/aromatic N) is 2. The van der Waals surface area contributed by atoms with Gasteiger partial charge in [-0.15, -0.1) is 0 Å². The van der Waals surface area contributed by atoms with E-state index in [0.717, 1.165) is 13.1 Å². The molecule has 0 saturated carbocycles. The maximum Gasteiger partial charge on any atom is 0.225 e. The highest BCUT2D eigenvalue weighted by molar-refractivity contribution is 5.89. The van der Waals surface area contributed by atoms with Crippen molar-refractivity contribution in [3.05, 3.63) is 0 Å². The van der Waals surface area contributed by atoms with Crippen LogP contribution in [-0.2, 0) is 9.59 Å². The minimum absolute atomic E-state index is 0.0152. The molecule has 21 heavy (non-hydrogen) atoms. The van der Waals surface area contributed by atoms with E-state index in [9.17, 15) is 9.59 Å². The number of amides is 2. The highest BCUT2D eigenvalue weighted by Gasteiger charge is 2.34. The zero-order valence-corrected chi connectivity index (χ0v) is 14.4. The highest BCUT2D eigenvalue weighted by atomic mass is 16.2. The van der Waals surface area contributed by atoms with Gasteiger partial charge in [0.1, 0.15) is 0 Å². The summed E-state index contributed by atoms with van der Waals surface area (Å²) in [5, 5.41) is 3.02. The van der Waals surface area contributed by atoms with Crippen molar-refractivity contribution in [3.63, 3.8) is 0 Å². The van der Waals surface area contributed by atoms with E-state index in [0.29, 0.717) is 25.4 Å². The molecular formula is C16H31N3O2. The molecule has 1 atom stereocenters. The minimum Gasteiger partial charge on any atom is -0.355 e. The number of nitrogens with one attached hydrogen (secondary N) is 1. The van der Waals surface area contributed by atoms with Crippen LogP contribution in [-0.4, -0.2) is 61.9 Å². The summed E-state index contributed by atoms with van der Waals surface area (Å²) in [5.41, 5.74) is 0.0272. The second-order valence-corrected chi connectivity index (χ2v) is 7.71. The molecule has 0 radical (unpaired) electrons. The smallest absolute Gasteiger partial charge is 0.225 e. The molecule has 0 aromatic rings. The van der Waals surface area contributed by atoms with Gasteiger partial charge >= 0.3 is 0 Å². The summed E-state index contributed by atoms with van der Waals surface area (Å²) in [7, 11) is 4.06. The lowest BCUT2D eigenvalue weighted by Gasteiger charge is -2.29. The summed E-state index contributed by atoms with van der Waals surface area (Å²) in [6.07, 6.45) is 0.354. The molecule has 1 heterocycles. The molecule has 122 valence electrons. The lowest BCUT2D eigenvalue weighted by molar-refractivity contribution is -0.129. The molecule has 2 amide bonds. The summed E-state index contributed by atoms with van der Waals surface area (Å²) in [6.45, 7) is 11.3. The topological polar surface area (TPSA) is 52.7 Å². The molecule has 5 heteroatoms. The summed E-state index contributed by atoms with van der Waals surface area (Å²) < 4.78 is 0. The van der Waals surface area contributed by atoms with Gasteiger partial charge in [-0.25, -0.2) is 0 Å². The Morgan fingerprint density at radius 2 is 2.05 bits per heavy atom. The number of carbonyl (C=O) groups is 2. The van der Waals surface area contributed by atoms with E-state index >= 15 is 0 Å². The van der Waals surface area contributed by atoms with Crippen LogP contribution in [0.1, 0.15) is 34.1 Å². The first-order valence-corrected chi connectivity index (χ1v) is 7.81. The van der Waals surface area contributed by atoms with Crippen molar-refractivity contribution in [1.29, 1.82) is 0 Å². The van der Waals surface area contributed by atoms with E-state index < -0.39 is 0 Å². The second-order valence-electron chi connectivity index (χ2n) is 7.71. The molecular weight excluding hydrogens is 266 g/mol. The van der Waals surface area contributed by atoms with Gasteiger partial charge in [0.2, 0.25) is 11.8 Å². The second kappa shape index (κ2) is 7.25. The van der Waals surface area contributed by atoms with Gasteiger partial charge in [0.05, 0.1) is 5.92 Å². The Morgan fingerprint density at radius 3 is 2.57 bits per heavy atom. The quantitative estimate of drug-likeness (QED) is 0.768. The Morgan fingerprint density at radius 1 is 1.43 bits per heavy atom. The number of rotatable bonds is 7. The van der Waals surface area contributed by atoms with E-state index in [1.165, 1.54) is 0 Å². The molecule has 1 N–H and O–H groups in total. The lowest BCUT2D eigenvalue weighted by Crippen LogP contribution is -2.42. The van der Waals surface area contributed by atoms with Crippen molar-refractivity contribution >= 4 is 11.8 Å². The van der Waals surface area contributed by atoms with Gasteiger partial charge in [0, 0.05) is 32.6 Å². The van der Waals surface area contributed by atoms with Gasteiger partial charge < -0.3 is 15.1 Å². The fourth-order valence-electron chi connectivity index (χ4n) is 2.95. The van der Waals surface area contributed by atoms with Crippen LogP contribution in [0.3, 0.4) is 0 Å². The van der Waals surface area contributed by atoms with Crippen molar-refractivity contribution in [2.75, 3.05) is 40.3 Å². The van der Waals surface area contributed by atoms with Crippen LogP contribution in [0, 0.1) is 17.3 Å². The molecule has 0 aliphatic carbocycles. The lowest BCUT2D eigenvalue weighted by atomic mass is 9.92. The molecule has 1 aliphatic rings. The summed E-state index contributed by atoms with van der Waals surface area (Å²) in [5.74, 6) is 0.374. The first-order valence-electron chi connectivity index (χ1n) is 7.81. The zero-order valence-electron chi connectivity index (χ0n) is 14.4. The average Bonchev–Trinajstić information content (AvgIpc) is 2.65. The maximum absolute atomic E-state index is 12.3. The van der Waals surface area contributed by atoms with Crippen molar-refractivity contribution < 1.29 is 9.59 Å². The van der Waals surface area contributed by atoms with E-state index in [1.807, 2.05) is 19.0 Å². The van der Waals surface area contributed by atoms with Gasteiger partial charge in [-0.3, -0.25) is 9.59 Å². The van der Waals surface area contributed by atoms with Gasteiger partial charge in [0.15, 0.2) is 0 Å². The molecule has 0 bridgehead atoms. The minimum atomic E-state index is -0.189. The Kier molecular flexibility index (Phi) is 6.20. The van der Waals surface area contributed by atoms with Crippen LogP contribution < -0.4 is 5.32 Å². The predicted octanol–water partition coefficient (Wildman–Crippen LogP) is 1.19. The van der Waals surface area contributed by atoms with Crippen LogP contribution in [0.25, 0.3) is 0 Å². The largest absolute Gasteiger partial charge is 0.355 e. The van der Waals surface area contributed by atoms with Crippen LogP contribution in [0.15, 0.2) is 0 Å². The molecule has 0 aromatic heterocycles. The van der Waals surface area contributed by atoms with Gasteiger partial charge in [-0.05, 0) is 25.4 Å². The Bertz CT molecular complexity index is 378. The predicted molar refractivity (Wildman–Crippen MR) is 84.9 cm³/mol. The van der Waals surface area contributed by atoms with E-state index in [-0.39, 0.29) is 23.1 Å². The number of hydrogen-bond donors (Lipinski definition) is 1. The van der Waals surface area contributed by atoms with E-state index in [4.69, 9.17) is 0 Å². The summed E-state index contributed by atoms with van der Waals surface area (Å²) in [6, 6.07) is 0. The highest BCUT2D eigenvalue weighted by Crippen LogP contribution is 2.20. The fraction of sp³-hybridized carbons (Fsp3) is 0.875. The number of likely N-dealkylation sites (tertiary alicyclic amines) is 1. The van der Waals surface area contributed by atoms with Crippen molar-refractivity contribution in [1.82, 2.24) is 15.1 Å². The van der Waals surface area contributed by atoms with Gasteiger partial charge in [0.25, 0.3) is 0 Å². The van der Waals surface area contributed by atoms with Crippen molar-refractivity contribution in [3.8, 4) is 0 Å². The third-order valence-electron chi connectivity index (χ3n) is 3.66. The first-order chi connectivity index (χ1) is 9.60. The third kappa shape index (κ3) is 6.04. The monoisotopic (exact) mass is 297 g/mol. The molecule has 0 aromatic carbocycles. The normalized spacial score (nSPS) is 19.7. The number of carbonyl (C=O) groups excluding carboxylic acids is 2. The molecule has 1 rings (SSSR count). The Balaban J connectivity index is 2.45. The SMILES string of the molecule is CC(C)CN1C[C@@H](C(=O)NCC(C)(C)CN(C)C)CC1=O. The van der Waals surface area contributed by atoms with Crippen LogP contribution in [0.2, 0.25) is 0 Å². The van der Waals surface area contributed by atoms with Gasteiger partial charge in [-0.2, -0.15) is 0 Å². The van der Waals surface area contributed by atoms with Crippen molar-refractivity contribution in [2.45, 2.75) is 34.1 Å². The Labute approximate surface area is 129 Å². The van der Waals surface area contributed by atoms with Crippen LogP contribution in [0.4, 0.5) is 0 Å². The molecule has 1 fully saturated rings. The van der Waals surface area contributed by atoms with Crippen molar-refractivity contribution in [2.24, 2.45) is 17.3 Å². The first kappa shape index (κ1) is 18.0. The average molecular weight is 297 g/mol. The summed E-state index contributed by atoms with van der Waals surface area (Å²) >= 11 is 0. The fourth-order valence-corrected chi connectivity index (χ4v) is 2.95. The maximum atomic E-state index is 12.3. The molecule has 1 aliphatic heterocycles. The van der Waals surface area contributed by atoms with Crippen LogP contribution >= 0.6 is 0 Å². The molecule has 1 saturated heterocycles. The Hall–Kier alpha value is -1.10.